The van der Waals surface area contributed by atoms with Crippen LogP contribution in [0.1, 0.15) is 6.92 Å². The maximum absolute atomic E-state index is 10.6. The highest BCUT2D eigenvalue weighted by Gasteiger charge is 2.17. The second kappa shape index (κ2) is 1.97. The second-order valence-electron chi connectivity index (χ2n) is 1.86. The average molecular weight is 126 g/mol. The Hall–Kier alpha value is -1.19. The third-order valence-electron chi connectivity index (χ3n) is 1.06. The lowest BCUT2D eigenvalue weighted by molar-refractivity contribution is -0.121. The maximum Gasteiger partial charge on any atom is 0.347 e. The number of imide groups is 1. The van der Waals surface area contributed by atoms with Crippen LogP contribution < -0.4 is 5.32 Å². The van der Waals surface area contributed by atoms with Crippen LogP contribution in [0.2, 0.25) is 0 Å². The zero-order valence-electron chi connectivity index (χ0n) is 4.92. The molecule has 0 fully saturated rings. The second-order valence-corrected chi connectivity index (χ2v) is 1.86. The van der Waals surface area contributed by atoms with E-state index in [0.717, 1.165) is 0 Å². The molecule has 1 atom stereocenters. The fourth-order valence-electron chi connectivity index (χ4n) is 0.499. The van der Waals surface area contributed by atoms with Crippen molar-refractivity contribution in [3.05, 3.63) is 0 Å². The van der Waals surface area contributed by atoms with E-state index < -0.39 is 6.03 Å². The van der Waals surface area contributed by atoms with E-state index >= 15 is 0 Å². The molecule has 3 amide bonds. The SMILES string of the molecule is CC1C=NC(=O)NC1=O. The molecule has 4 nitrogen and oxygen atoms in total. The average Bonchev–Trinajstić information content (AvgIpc) is 1.80. The summed E-state index contributed by atoms with van der Waals surface area (Å²) in [5.74, 6) is -0.558. The first-order valence-electron chi connectivity index (χ1n) is 2.59. The molecule has 1 aliphatic rings. The van der Waals surface area contributed by atoms with E-state index in [9.17, 15) is 9.59 Å². The summed E-state index contributed by atoms with van der Waals surface area (Å²) in [4.78, 5) is 24.2. The Morgan fingerprint density at radius 2 is 2.33 bits per heavy atom. The van der Waals surface area contributed by atoms with Crippen LogP contribution in [0.4, 0.5) is 4.79 Å². The molecular weight excluding hydrogens is 120 g/mol. The monoisotopic (exact) mass is 126 g/mol. The zero-order chi connectivity index (χ0) is 6.85. The Kier molecular flexibility index (Phi) is 1.30. The van der Waals surface area contributed by atoms with Gasteiger partial charge in [0.15, 0.2) is 0 Å². The largest absolute Gasteiger partial charge is 0.347 e. The smallest absolute Gasteiger partial charge is 0.276 e. The molecule has 0 aromatic rings. The van der Waals surface area contributed by atoms with E-state index in [0.29, 0.717) is 0 Å². The Morgan fingerprint density at radius 1 is 1.67 bits per heavy atom. The number of urea groups is 1. The molecule has 1 heterocycles. The number of nitrogens with one attached hydrogen (secondary N) is 1. The quantitative estimate of drug-likeness (QED) is 0.494. The van der Waals surface area contributed by atoms with Crippen LogP contribution in [0.15, 0.2) is 4.99 Å². The van der Waals surface area contributed by atoms with Gasteiger partial charge in [0.2, 0.25) is 5.91 Å². The van der Waals surface area contributed by atoms with Gasteiger partial charge in [-0.2, -0.15) is 0 Å². The summed E-state index contributed by atoms with van der Waals surface area (Å²) in [7, 11) is 0. The fourth-order valence-corrected chi connectivity index (χ4v) is 0.499. The highest BCUT2D eigenvalue weighted by Crippen LogP contribution is 1.95. The number of amides is 3. The van der Waals surface area contributed by atoms with E-state index in [-0.39, 0.29) is 11.8 Å². The minimum atomic E-state index is -0.571. The molecule has 1 rings (SSSR count). The first-order valence-corrected chi connectivity index (χ1v) is 2.59. The van der Waals surface area contributed by atoms with Gasteiger partial charge in [-0.3, -0.25) is 10.1 Å². The lowest BCUT2D eigenvalue weighted by atomic mass is 10.2. The molecule has 0 saturated carbocycles. The standard InChI is InChI=1S/C5H6N2O2/c1-3-2-6-5(9)7-4(3)8/h2-3H,1H3,(H,7,8,9). The van der Waals surface area contributed by atoms with Crippen LogP contribution in [0.25, 0.3) is 0 Å². The number of aliphatic imine (C=N–C) groups is 1. The number of carbonyl (C=O) groups excluding carboxylic acids is 2. The molecule has 48 valence electrons. The molecule has 0 aromatic heterocycles. The van der Waals surface area contributed by atoms with Crippen LogP contribution >= 0.6 is 0 Å². The van der Waals surface area contributed by atoms with Crippen molar-refractivity contribution in [1.29, 1.82) is 0 Å². The van der Waals surface area contributed by atoms with Crippen molar-refractivity contribution >= 4 is 18.2 Å². The third-order valence-corrected chi connectivity index (χ3v) is 1.06. The van der Waals surface area contributed by atoms with Gasteiger partial charge in [-0.1, -0.05) is 0 Å². The molecular formula is C5H6N2O2. The summed E-state index contributed by atoms with van der Waals surface area (Å²) in [6.45, 7) is 1.67. The molecule has 0 bridgehead atoms. The number of nitrogens with zero attached hydrogens (tertiary/aromatic N) is 1. The topological polar surface area (TPSA) is 58.5 Å². The Labute approximate surface area is 52.0 Å². The number of rotatable bonds is 0. The van der Waals surface area contributed by atoms with Gasteiger partial charge in [0.05, 0.1) is 5.92 Å². The minimum absolute atomic E-state index is 0.275. The predicted octanol–water partition coefficient (Wildman–Crippen LogP) is -0.0569. The first-order chi connectivity index (χ1) is 4.20. The molecule has 1 N–H and O–H groups in total. The summed E-state index contributed by atoms with van der Waals surface area (Å²) in [5.41, 5.74) is 0. The molecule has 4 heteroatoms. The van der Waals surface area contributed by atoms with Gasteiger partial charge in [-0.15, -0.1) is 0 Å². The molecule has 0 spiro atoms. The van der Waals surface area contributed by atoms with Gasteiger partial charge in [-0.25, -0.2) is 9.79 Å². The summed E-state index contributed by atoms with van der Waals surface area (Å²) in [5, 5.41) is 2.05. The molecule has 0 aromatic carbocycles. The normalized spacial score (nSPS) is 26.1. The summed E-state index contributed by atoms with van der Waals surface area (Å²) in [6.07, 6.45) is 1.33. The van der Waals surface area contributed by atoms with Crippen molar-refractivity contribution in [2.24, 2.45) is 10.9 Å². The first kappa shape index (κ1) is 5.94. The molecule has 0 aliphatic carbocycles. The van der Waals surface area contributed by atoms with E-state index in [1.165, 1.54) is 6.21 Å². The molecule has 9 heavy (non-hydrogen) atoms. The van der Waals surface area contributed by atoms with Gasteiger partial charge >= 0.3 is 6.03 Å². The molecule has 0 radical (unpaired) electrons. The molecule has 0 saturated heterocycles. The van der Waals surface area contributed by atoms with Crippen molar-refractivity contribution in [3.63, 3.8) is 0 Å². The summed E-state index contributed by atoms with van der Waals surface area (Å²) >= 11 is 0. The Balaban J connectivity index is 2.76. The minimum Gasteiger partial charge on any atom is -0.276 e. The van der Waals surface area contributed by atoms with Crippen molar-refractivity contribution < 1.29 is 9.59 Å². The van der Waals surface area contributed by atoms with Crippen molar-refractivity contribution in [1.82, 2.24) is 5.32 Å². The van der Waals surface area contributed by atoms with E-state index in [4.69, 9.17) is 0 Å². The lowest BCUT2D eigenvalue weighted by Crippen LogP contribution is -2.37. The van der Waals surface area contributed by atoms with E-state index in [1.54, 1.807) is 6.92 Å². The van der Waals surface area contributed by atoms with Crippen molar-refractivity contribution in [2.45, 2.75) is 6.92 Å². The molecule has 1 aliphatic heterocycles. The van der Waals surface area contributed by atoms with Crippen LogP contribution in [0, 0.1) is 5.92 Å². The summed E-state index contributed by atoms with van der Waals surface area (Å²) < 4.78 is 0. The van der Waals surface area contributed by atoms with Gasteiger partial charge in [-0.05, 0) is 6.92 Å². The fraction of sp³-hybridized carbons (Fsp3) is 0.400. The van der Waals surface area contributed by atoms with Crippen LogP contribution in [0.5, 0.6) is 0 Å². The van der Waals surface area contributed by atoms with Crippen LogP contribution in [0.3, 0.4) is 0 Å². The van der Waals surface area contributed by atoms with E-state index in [1.807, 2.05) is 0 Å². The zero-order valence-corrected chi connectivity index (χ0v) is 4.92. The number of carbonyl (C=O) groups is 2. The van der Waals surface area contributed by atoms with Gasteiger partial charge in [0.25, 0.3) is 0 Å². The van der Waals surface area contributed by atoms with E-state index in [2.05, 4.69) is 10.3 Å². The lowest BCUT2D eigenvalue weighted by Gasteiger charge is -2.08. The van der Waals surface area contributed by atoms with Crippen molar-refractivity contribution in [2.75, 3.05) is 0 Å². The van der Waals surface area contributed by atoms with Gasteiger partial charge in [0, 0.05) is 6.21 Å². The van der Waals surface area contributed by atoms with Crippen LogP contribution in [-0.2, 0) is 4.79 Å². The summed E-state index contributed by atoms with van der Waals surface area (Å²) in [6, 6.07) is -0.571. The Morgan fingerprint density at radius 3 is 2.78 bits per heavy atom. The van der Waals surface area contributed by atoms with Crippen LogP contribution in [-0.4, -0.2) is 18.2 Å². The highest BCUT2D eigenvalue weighted by atomic mass is 16.2. The van der Waals surface area contributed by atoms with Gasteiger partial charge < -0.3 is 0 Å². The Bertz CT molecular complexity index is 185. The predicted molar refractivity (Wildman–Crippen MR) is 31.2 cm³/mol. The third kappa shape index (κ3) is 1.13. The van der Waals surface area contributed by atoms with Gasteiger partial charge in [0.1, 0.15) is 0 Å². The van der Waals surface area contributed by atoms with Crippen molar-refractivity contribution in [3.8, 4) is 0 Å². The number of hydrogen-bond acceptors (Lipinski definition) is 2. The maximum atomic E-state index is 10.6. The molecule has 1 unspecified atom stereocenters. The number of hydrogen-bond donors (Lipinski definition) is 1. The highest BCUT2D eigenvalue weighted by molar-refractivity contribution is 6.08.